The molecule has 1 saturated heterocycles. The van der Waals surface area contributed by atoms with Crippen molar-refractivity contribution >= 4 is 22.5 Å². The fourth-order valence-corrected chi connectivity index (χ4v) is 2.90. The van der Waals surface area contributed by atoms with Gasteiger partial charge in [-0.25, -0.2) is 9.78 Å². The second-order valence-corrected chi connectivity index (χ2v) is 6.77. The van der Waals surface area contributed by atoms with E-state index in [1.807, 2.05) is 5.38 Å². The first-order valence-electron chi connectivity index (χ1n) is 6.69. The van der Waals surface area contributed by atoms with Gasteiger partial charge in [0.25, 0.3) is 0 Å². The van der Waals surface area contributed by atoms with E-state index < -0.39 is 0 Å². The minimum absolute atomic E-state index is 0.0146. The quantitative estimate of drug-likeness (QED) is 0.797. The van der Waals surface area contributed by atoms with E-state index in [1.54, 1.807) is 0 Å². The van der Waals surface area contributed by atoms with E-state index in [4.69, 9.17) is 0 Å². The van der Waals surface area contributed by atoms with Crippen LogP contribution in [0.5, 0.6) is 0 Å². The van der Waals surface area contributed by atoms with Crippen molar-refractivity contribution in [2.45, 2.75) is 45.1 Å². The molecule has 0 aromatic carbocycles. The third kappa shape index (κ3) is 4.18. The summed E-state index contributed by atoms with van der Waals surface area (Å²) in [5.74, 6) is 0. The number of thiazole rings is 1. The molecule has 106 valence electrons. The highest BCUT2D eigenvalue weighted by molar-refractivity contribution is 7.13. The molecule has 1 unspecified atom stereocenters. The van der Waals surface area contributed by atoms with E-state index in [0.29, 0.717) is 17.7 Å². The summed E-state index contributed by atoms with van der Waals surface area (Å²) in [4.78, 5) is 16.2. The van der Waals surface area contributed by atoms with Gasteiger partial charge in [0.15, 0.2) is 5.13 Å². The Morgan fingerprint density at radius 1 is 1.58 bits per heavy atom. The highest BCUT2D eigenvalue weighted by Crippen LogP contribution is 2.26. The molecule has 0 spiro atoms. The van der Waals surface area contributed by atoms with Crippen LogP contribution in [0.4, 0.5) is 9.93 Å². The molecular formula is C13H22N4OS. The molecule has 2 amide bonds. The van der Waals surface area contributed by atoms with Crippen LogP contribution in [0.3, 0.4) is 0 Å². The van der Waals surface area contributed by atoms with Crippen molar-refractivity contribution in [3.05, 3.63) is 11.1 Å². The fraction of sp³-hybridized carbons (Fsp3) is 0.692. The van der Waals surface area contributed by atoms with Crippen LogP contribution >= 0.6 is 11.3 Å². The van der Waals surface area contributed by atoms with Crippen molar-refractivity contribution in [3.8, 4) is 0 Å². The largest absolute Gasteiger partial charge is 0.336 e. The van der Waals surface area contributed by atoms with Crippen LogP contribution in [0.2, 0.25) is 0 Å². The Kier molecular flexibility index (Phi) is 4.42. The van der Waals surface area contributed by atoms with Crippen molar-refractivity contribution < 1.29 is 4.79 Å². The minimum Gasteiger partial charge on any atom is -0.336 e. The second-order valence-electron chi connectivity index (χ2n) is 5.92. The van der Waals surface area contributed by atoms with Gasteiger partial charge in [0.2, 0.25) is 0 Å². The summed E-state index contributed by atoms with van der Waals surface area (Å²) in [6.07, 6.45) is 2.32. The van der Waals surface area contributed by atoms with Crippen molar-refractivity contribution in [2.75, 3.05) is 18.4 Å². The molecule has 0 aliphatic carbocycles. The van der Waals surface area contributed by atoms with E-state index in [-0.39, 0.29) is 11.4 Å². The topological polar surface area (TPSA) is 66.1 Å². The lowest BCUT2D eigenvalue weighted by Crippen LogP contribution is -2.39. The molecule has 19 heavy (non-hydrogen) atoms. The van der Waals surface area contributed by atoms with Gasteiger partial charge in [-0.1, -0.05) is 20.8 Å². The predicted octanol–water partition coefficient (Wildman–Crippen LogP) is 2.31. The van der Waals surface area contributed by atoms with Gasteiger partial charge in [0.1, 0.15) is 0 Å². The molecule has 6 heteroatoms. The fourth-order valence-electron chi connectivity index (χ4n) is 1.96. The molecule has 0 saturated carbocycles. The summed E-state index contributed by atoms with van der Waals surface area (Å²) in [5, 5.41) is 11.7. The lowest BCUT2D eigenvalue weighted by molar-refractivity contribution is 0.251. The van der Waals surface area contributed by atoms with Crippen LogP contribution in [-0.4, -0.2) is 30.1 Å². The van der Waals surface area contributed by atoms with Crippen molar-refractivity contribution in [1.82, 2.24) is 15.6 Å². The van der Waals surface area contributed by atoms with Crippen molar-refractivity contribution in [1.29, 1.82) is 0 Å². The van der Waals surface area contributed by atoms with Crippen LogP contribution in [0.25, 0.3) is 0 Å². The number of aromatic nitrogens is 1. The van der Waals surface area contributed by atoms with E-state index in [1.165, 1.54) is 17.8 Å². The number of carbonyl (C=O) groups is 1. The Bertz CT molecular complexity index is 432. The molecule has 1 aromatic rings. The molecule has 1 aliphatic rings. The van der Waals surface area contributed by atoms with E-state index in [2.05, 4.69) is 41.7 Å². The Hall–Kier alpha value is -1.14. The molecule has 0 bridgehead atoms. The Morgan fingerprint density at radius 2 is 2.37 bits per heavy atom. The molecule has 1 atom stereocenters. The smallest absolute Gasteiger partial charge is 0.321 e. The molecular weight excluding hydrogens is 260 g/mol. The number of carbonyl (C=O) groups excluding carboxylic acids is 1. The monoisotopic (exact) mass is 282 g/mol. The van der Waals surface area contributed by atoms with Crippen molar-refractivity contribution in [3.63, 3.8) is 0 Å². The predicted molar refractivity (Wildman–Crippen MR) is 78.9 cm³/mol. The van der Waals surface area contributed by atoms with E-state index in [9.17, 15) is 4.79 Å². The molecule has 3 N–H and O–H groups in total. The number of rotatable bonds is 3. The van der Waals surface area contributed by atoms with Gasteiger partial charge in [-0.05, 0) is 19.4 Å². The lowest BCUT2D eigenvalue weighted by Gasteiger charge is -2.14. The molecule has 2 rings (SSSR count). The average Bonchev–Trinajstić information content (AvgIpc) is 2.95. The SMILES string of the molecule is CC(C)(C)c1csc(NC(=O)NCC2CCCN2)n1. The molecule has 0 radical (unpaired) electrons. The van der Waals surface area contributed by atoms with Crippen LogP contribution in [0.1, 0.15) is 39.3 Å². The highest BCUT2D eigenvalue weighted by Gasteiger charge is 2.18. The number of urea groups is 1. The number of hydrogen-bond acceptors (Lipinski definition) is 4. The zero-order valence-electron chi connectivity index (χ0n) is 11.7. The summed E-state index contributed by atoms with van der Waals surface area (Å²) in [6, 6.07) is 0.232. The van der Waals surface area contributed by atoms with Crippen LogP contribution < -0.4 is 16.0 Å². The van der Waals surface area contributed by atoms with Gasteiger partial charge in [-0.3, -0.25) is 5.32 Å². The zero-order chi connectivity index (χ0) is 13.9. The molecule has 1 aromatic heterocycles. The maximum atomic E-state index is 11.7. The third-order valence-electron chi connectivity index (χ3n) is 3.16. The normalized spacial score (nSPS) is 19.4. The first-order chi connectivity index (χ1) is 8.95. The van der Waals surface area contributed by atoms with Crippen molar-refractivity contribution in [2.24, 2.45) is 0 Å². The van der Waals surface area contributed by atoms with E-state index in [0.717, 1.165) is 18.7 Å². The van der Waals surface area contributed by atoms with Crippen LogP contribution in [0, 0.1) is 0 Å². The Labute approximate surface area is 118 Å². The number of hydrogen-bond donors (Lipinski definition) is 3. The maximum Gasteiger partial charge on any atom is 0.321 e. The van der Waals surface area contributed by atoms with Gasteiger partial charge in [-0.2, -0.15) is 0 Å². The van der Waals surface area contributed by atoms with Gasteiger partial charge < -0.3 is 10.6 Å². The zero-order valence-corrected chi connectivity index (χ0v) is 12.6. The Morgan fingerprint density at radius 3 is 2.95 bits per heavy atom. The first kappa shape index (κ1) is 14.3. The number of nitrogens with one attached hydrogen (secondary N) is 3. The highest BCUT2D eigenvalue weighted by atomic mass is 32.1. The van der Waals surface area contributed by atoms with E-state index >= 15 is 0 Å². The average molecular weight is 282 g/mol. The van der Waals surface area contributed by atoms with Gasteiger partial charge in [0, 0.05) is 23.4 Å². The number of anilines is 1. The summed E-state index contributed by atoms with van der Waals surface area (Å²) in [5.41, 5.74) is 1.02. The number of nitrogens with zero attached hydrogens (tertiary/aromatic N) is 1. The summed E-state index contributed by atoms with van der Waals surface area (Å²) >= 11 is 1.46. The summed E-state index contributed by atoms with van der Waals surface area (Å²) in [6.45, 7) is 8.05. The lowest BCUT2D eigenvalue weighted by atomic mass is 9.93. The van der Waals surface area contributed by atoms with Crippen LogP contribution in [0.15, 0.2) is 5.38 Å². The van der Waals surface area contributed by atoms with Crippen LogP contribution in [-0.2, 0) is 5.41 Å². The summed E-state index contributed by atoms with van der Waals surface area (Å²) in [7, 11) is 0. The first-order valence-corrected chi connectivity index (χ1v) is 7.57. The minimum atomic E-state index is -0.177. The second kappa shape index (κ2) is 5.88. The number of amides is 2. The van der Waals surface area contributed by atoms with Gasteiger partial charge in [0.05, 0.1) is 5.69 Å². The van der Waals surface area contributed by atoms with Gasteiger partial charge >= 0.3 is 6.03 Å². The molecule has 1 fully saturated rings. The standard InChI is InChI=1S/C13H22N4OS/c1-13(2,3)10-8-19-12(16-10)17-11(18)15-7-9-5-4-6-14-9/h8-9,14H,4-7H2,1-3H3,(H2,15,16,17,18). The third-order valence-corrected chi connectivity index (χ3v) is 3.92. The molecule has 1 aliphatic heterocycles. The molecule has 2 heterocycles. The molecule has 5 nitrogen and oxygen atoms in total. The van der Waals surface area contributed by atoms with Gasteiger partial charge in [-0.15, -0.1) is 11.3 Å². The summed E-state index contributed by atoms with van der Waals surface area (Å²) < 4.78 is 0. The Balaban J connectivity index is 1.80. The maximum absolute atomic E-state index is 11.7.